The fourth-order valence-corrected chi connectivity index (χ4v) is 3.17. The van der Waals surface area contributed by atoms with Crippen molar-refractivity contribution < 1.29 is 9.18 Å². The maximum atomic E-state index is 13.7. The number of hydrogen-bond acceptors (Lipinski definition) is 3. The number of para-hydroxylation sites is 1. The lowest BCUT2D eigenvalue weighted by Crippen LogP contribution is -2.15. The SMILES string of the molecule is CCc1nc2cccnc2n1-c1ccc(CC(=O)Nc2ccccc2F)cc1. The number of aromatic nitrogens is 3. The minimum absolute atomic E-state index is 0.165. The Morgan fingerprint density at radius 3 is 2.61 bits per heavy atom. The van der Waals surface area contributed by atoms with E-state index in [2.05, 4.69) is 22.2 Å². The standard InChI is InChI=1S/C22H19FN4O/c1-2-20-25-19-8-5-13-24-22(19)27(20)16-11-9-15(10-12-16)14-21(28)26-18-7-4-3-6-17(18)23/h3-13H,2,14H2,1H3,(H,26,28). The molecule has 4 aromatic rings. The van der Waals surface area contributed by atoms with Gasteiger partial charge in [0.1, 0.15) is 17.2 Å². The first-order valence-electron chi connectivity index (χ1n) is 9.11. The maximum Gasteiger partial charge on any atom is 0.228 e. The van der Waals surface area contributed by atoms with Crippen LogP contribution in [0.25, 0.3) is 16.9 Å². The van der Waals surface area contributed by atoms with Crippen molar-refractivity contribution in [1.29, 1.82) is 0 Å². The monoisotopic (exact) mass is 374 g/mol. The van der Waals surface area contributed by atoms with Crippen LogP contribution in [0.1, 0.15) is 18.3 Å². The Morgan fingerprint density at radius 1 is 1.07 bits per heavy atom. The van der Waals surface area contributed by atoms with Crippen LogP contribution < -0.4 is 5.32 Å². The van der Waals surface area contributed by atoms with Gasteiger partial charge in [-0.15, -0.1) is 0 Å². The van der Waals surface area contributed by atoms with E-state index < -0.39 is 5.82 Å². The molecule has 0 aliphatic rings. The van der Waals surface area contributed by atoms with Crippen LogP contribution >= 0.6 is 0 Å². The number of imidazole rings is 1. The molecule has 0 fully saturated rings. The molecule has 5 nitrogen and oxygen atoms in total. The van der Waals surface area contributed by atoms with Gasteiger partial charge in [0.25, 0.3) is 0 Å². The molecule has 1 N–H and O–H groups in total. The molecule has 6 heteroatoms. The largest absolute Gasteiger partial charge is 0.323 e. The van der Waals surface area contributed by atoms with Crippen LogP contribution in [0.3, 0.4) is 0 Å². The summed E-state index contributed by atoms with van der Waals surface area (Å²) in [5.41, 5.74) is 3.63. The molecule has 0 radical (unpaired) electrons. The Kier molecular flexibility index (Phi) is 4.85. The fourth-order valence-electron chi connectivity index (χ4n) is 3.17. The summed E-state index contributed by atoms with van der Waals surface area (Å²) < 4.78 is 15.7. The van der Waals surface area contributed by atoms with Gasteiger partial charge in [-0.2, -0.15) is 0 Å². The molecule has 0 spiro atoms. The second-order valence-corrected chi connectivity index (χ2v) is 6.43. The minimum atomic E-state index is -0.447. The van der Waals surface area contributed by atoms with E-state index in [-0.39, 0.29) is 18.0 Å². The number of fused-ring (bicyclic) bond motifs is 1. The first kappa shape index (κ1) is 17.9. The molecule has 2 aromatic carbocycles. The zero-order valence-electron chi connectivity index (χ0n) is 15.4. The van der Waals surface area contributed by atoms with E-state index in [0.29, 0.717) is 0 Å². The van der Waals surface area contributed by atoms with Gasteiger partial charge in [0.15, 0.2) is 5.65 Å². The van der Waals surface area contributed by atoms with Gasteiger partial charge >= 0.3 is 0 Å². The van der Waals surface area contributed by atoms with E-state index in [0.717, 1.165) is 34.7 Å². The number of carbonyl (C=O) groups excluding carboxylic acids is 1. The summed E-state index contributed by atoms with van der Waals surface area (Å²) in [6.45, 7) is 2.05. The van der Waals surface area contributed by atoms with E-state index in [9.17, 15) is 9.18 Å². The highest BCUT2D eigenvalue weighted by atomic mass is 19.1. The van der Waals surface area contributed by atoms with E-state index in [1.54, 1.807) is 24.4 Å². The van der Waals surface area contributed by atoms with Crippen molar-refractivity contribution in [3.63, 3.8) is 0 Å². The number of pyridine rings is 1. The molecule has 140 valence electrons. The Hall–Kier alpha value is -3.54. The molecule has 0 saturated carbocycles. The van der Waals surface area contributed by atoms with Crippen molar-refractivity contribution in [2.24, 2.45) is 0 Å². The van der Waals surface area contributed by atoms with Crippen LogP contribution in [0.5, 0.6) is 0 Å². The number of aryl methyl sites for hydroxylation is 1. The lowest BCUT2D eigenvalue weighted by molar-refractivity contribution is -0.115. The van der Waals surface area contributed by atoms with Crippen LogP contribution in [0.15, 0.2) is 66.9 Å². The molecule has 0 aliphatic carbocycles. The zero-order chi connectivity index (χ0) is 19.5. The van der Waals surface area contributed by atoms with E-state index in [1.807, 2.05) is 41.0 Å². The van der Waals surface area contributed by atoms with E-state index >= 15 is 0 Å². The highest BCUT2D eigenvalue weighted by molar-refractivity contribution is 5.92. The Balaban J connectivity index is 1.55. The highest BCUT2D eigenvalue weighted by Gasteiger charge is 2.12. The van der Waals surface area contributed by atoms with Crippen molar-refractivity contribution in [2.75, 3.05) is 5.32 Å². The Labute approximate surface area is 161 Å². The Bertz CT molecular complexity index is 1130. The third-order valence-electron chi connectivity index (χ3n) is 4.51. The van der Waals surface area contributed by atoms with Crippen LogP contribution in [0.2, 0.25) is 0 Å². The molecular weight excluding hydrogens is 355 g/mol. The molecule has 0 bridgehead atoms. The van der Waals surface area contributed by atoms with E-state index in [4.69, 9.17) is 0 Å². The number of nitrogens with one attached hydrogen (secondary N) is 1. The van der Waals surface area contributed by atoms with Crippen molar-refractivity contribution in [3.8, 4) is 5.69 Å². The van der Waals surface area contributed by atoms with Gasteiger partial charge in [-0.25, -0.2) is 14.4 Å². The molecule has 4 rings (SSSR count). The third kappa shape index (κ3) is 3.49. The predicted octanol–water partition coefficient (Wildman–Crippen LogP) is 4.30. The second kappa shape index (κ2) is 7.60. The van der Waals surface area contributed by atoms with E-state index in [1.165, 1.54) is 6.07 Å². The first-order valence-corrected chi connectivity index (χ1v) is 9.11. The highest BCUT2D eigenvalue weighted by Crippen LogP contribution is 2.21. The lowest BCUT2D eigenvalue weighted by atomic mass is 10.1. The van der Waals surface area contributed by atoms with Crippen LogP contribution in [-0.2, 0) is 17.6 Å². The number of nitrogens with zero attached hydrogens (tertiary/aromatic N) is 3. The molecule has 0 unspecified atom stereocenters. The van der Waals surface area contributed by atoms with Gasteiger partial charge < -0.3 is 5.32 Å². The topological polar surface area (TPSA) is 59.8 Å². The number of halogens is 1. The number of hydrogen-bond donors (Lipinski definition) is 1. The summed E-state index contributed by atoms with van der Waals surface area (Å²) in [5.74, 6) is 0.221. The summed E-state index contributed by atoms with van der Waals surface area (Å²) in [7, 11) is 0. The Morgan fingerprint density at radius 2 is 1.86 bits per heavy atom. The lowest BCUT2D eigenvalue weighted by Gasteiger charge is -2.09. The number of anilines is 1. The first-order chi connectivity index (χ1) is 13.7. The summed E-state index contributed by atoms with van der Waals surface area (Å²) in [4.78, 5) is 21.3. The quantitative estimate of drug-likeness (QED) is 0.566. The molecule has 28 heavy (non-hydrogen) atoms. The smallest absolute Gasteiger partial charge is 0.228 e. The molecule has 0 atom stereocenters. The van der Waals surface area contributed by atoms with Crippen molar-refractivity contribution in [3.05, 3.63) is 84.1 Å². The van der Waals surface area contributed by atoms with Gasteiger partial charge in [-0.3, -0.25) is 9.36 Å². The number of carbonyl (C=O) groups is 1. The van der Waals surface area contributed by atoms with Gasteiger partial charge in [0, 0.05) is 18.3 Å². The molecule has 0 aliphatic heterocycles. The molecule has 1 amide bonds. The van der Waals surface area contributed by atoms with Gasteiger partial charge in [0.2, 0.25) is 5.91 Å². The van der Waals surface area contributed by atoms with Crippen LogP contribution in [-0.4, -0.2) is 20.4 Å². The minimum Gasteiger partial charge on any atom is -0.323 e. The van der Waals surface area contributed by atoms with Crippen LogP contribution in [0, 0.1) is 5.82 Å². The summed E-state index contributed by atoms with van der Waals surface area (Å²) in [6.07, 6.45) is 2.70. The summed E-state index contributed by atoms with van der Waals surface area (Å²) in [5, 5.41) is 2.60. The second-order valence-electron chi connectivity index (χ2n) is 6.43. The van der Waals surface area contributed by atoms with Gasteiger partial charge in [-0.05, 0) is 42.0 Å². The summed E-state index contributed by atoms with van der Waals surface area (Å²) >= 11 is 0. The maximum absolute atomic E-state index is 13.7. The van der Waals surface area contributed by atoms with Gasteiger partial charge in [0.05, 0.1) is 12.1 Å². The number of amides is 1. The molecular formula is C22H19FN4O. The number of rotatable bonds is 5. The summed E-state index contributed by atoms with van der Waals surface area (Å²) in [6, 6.07) is 17.6. The zero-order valence-corrected chi connectivity index (χ0v) is 15.4. The average molecular weight is 374 g/mol. The van der Waals surface area contributed by atoms with Crippen molar-refractivity contribution in [2.45, 2.75) is 19.8 Å². The molecule has 2 aromatic heterocycles. The molecule has 2 heterocycles. The normalized spacial score (nSPS) is 10.9. The van der Waals surface area contributed by atoms with Gasteiger partial charge in [-0.1, -0.05) is 31.2 Å². The third-order valence-corrected chi connectivity index (χ3v) is 4.51. The number of benzene rings is 2. The van der Waals surface area contributed by atoms with Crippen molar-refractivity contribution in [1.82, 2.24) is 14.5 Å². The predicted molar refractivity (Wildman–Crippen MR) is 107 cm³/mol. The molecule has 0 saturated heterocycles. The van der Waals surface area contributed by atoms with Crippen molar-refractivity contribution >= 4 is 22.8 Å². The van der Waals surface area contributed by atoms with Crippen LogP contribution in [0.4, 0.5) is 10.1 Å². The average Bonchev–Trinajstić information content (AvgIpc) is 3.09. The fraction of sp³-hybridized carbons (Fsp3) is 0.136.